The molecule has 20 heavy (non-hydrogen) atoms. The number of hydrogen-bond donors (Lipinski definition) is 1. The second-order valence-corrected chi connectivity index (χ2v) is 5.82. The van der Waals surface area contributed by atoms with Crippen molar-refractivity contribution in [3.8, 4) is 0 Å². The van der Waals surface area contributed by atoms with E-state index in [0.717, 1.165) is 0 Å². The van der Waals surface area contributed by atoms with E-state index >= 15 is 0 Å². The molecule has 1 N–H and O–H groups in total. The van der Waals surface area contributed by atoms with Crippen molar-refractivity contribution in [2.45, 2.75) is 20.3 Å². The molecular weight excluding hydrogens is 278 g/mol. The summed E-state index contributed by atoms with van der Waals surface area (Å²) < 4.78 is 0. The maximum atomic E-state index is 12.5. The molecule has 108 valence electrons. The Kier molecular flexibility index (Phi) is 3.99. The van der Waals surface area contributed by atoms with E-state index in [0.29, 0.717) is 35.9 Å². The van der Waals surface area contributed by atoms with Crippen LogP contribution in [0.5, 0.6) is 0 Å². The van der Waals surface area contributed by atoms with Gasteiger partial charge in [0.15, 0.2) is 0 Å². The molecule has 5 nitrogen and oxygen atoms in total. The molecule has 2 heterocycles. The van der Waals surface area contributed by atoms with E-state index in [2.05, 4.69) is 10.3 Å². The lowest BCUT2D eigenvalue weighted by Gasteiger charge is -2.22. The maximum absolute atomic E-state index is 12.5. The van der Waals surface area contributed by atoms with Crippen LogP contribution in [0.25, 0.3) is 0 Å². The predicted molar refractivity (Wildman–Crippen MR) is 76.7 cm³/mol. The first kappa shape index (κ1) is 14.8. The van der Waals surface area contributed by atoms with Gasteiger partial charge in [0.1, 0.15) is 5.15 Å². The first-order chi connectivity index (χ1) is 9.35. The van der Waals surface area contributed by atoms with Crippen molar-refractivity contribution in [3.05, 3.63) is 28.5 Å². The van der Waals surface area contributed by atoms with Gasteiger partial charge in [-0.15, -0.1) is 0 Å². The number of amides is 2. The van der Waals surface area contributed by atoms with Crippen molar-refractivity contribution < 1.29 is 9.59 Å². The summed E-state index contributed by atoms with van der Waals surface area (Å²) in [7, 11) is 1.62. The third-order valence-corrected chi connectivity index (χ3v) is 3.90. The molecule has 2 rings (SSSR count). The highest BCUT2D eigenvalue weighted by Crippen LogP contribution is 2.31. The zero-order valence-electron chi connectivity index (χ0n) is 11.9. The molecule has 0 spiro atoms. The number of carbonyl (C=O) groups is 2. The lowest BCUT2D eigenvalue weighted by Crippen LogP contribution is -2.40. The second-order valence-electron chi connectivity index (χ2n) is 5.44. The first-order valence-corrected chi connectivity index (χ1v) is 6.89. The van der Waals surface area contributed by atoms with E-state index in [1.807, 2.05) is 6.92 Å². The quantitative estimate of drug-likeness (QED) is 0.844. The Balaban J connectivity index is 2.17. The standard InChI is InChI=1S/C14H18ClN3O2/c1-9-6-10(7-11(15)17-9)12(19)18-5-4-14(2,8-18)13(20)16-3/h6-7H,4-5,8H2,1-3H3,(H,16,20). The first-order valence-electron chi connectivity index (χ1n) is 6.51. The Hall–Kier alpha value is -1.62. The van der Waals surface area contributed by atoms with Crippen molar-refractivity contribution in [2.24, 2.45) is 5.41 Å². The number of nitrogens with zero attached hydrogens (tertiary/aromatic N) is 2. The average molecular weight is 296 g/mol. The summed E-state index contributed by atoms with van der Waals surface area (Å²) in [6.45, 7) is 4.66. The minimum absolute atomic E-state index is 0.0308. The second kappa shape index (κ2) is 5.40. The smallest absolute Gasteiger partial charge is 0.254 e. The van der Waals surface area contributed by atoms with Crippen LogP contribution in [-0.2, 0) is 4.79 Å². The molecular formula is C14H18ClN3O2. The summed E-state index contributed by atoms with van der Waals surface area (Å²) in [5.74, 6) is -0.137. The highest BCUT2D eigenvalue weighted by Gasteiger charge is 2.41. The van der Waals surface area contributed by atoms with Gasteiger partial charge in [0.25, 0.3) is 5.91 Å². The van der Waals surface area contributed by atoms with Crippen LogP contribution < -0.4 is 5.32 Å². The van der Waals surface area contributed by atoms with Crippen molar-refractivity contribution >= 4 is 23.4 Å². The van der Waals surface area contributed by atoms with Gasteiger partial charge in [-0.1, -0.05) is 11.6 Å². The fourth-order valence-electron chi connectivity index (χ4n) is 2.56. The van der Waals surface area contributed by atoms with Gasteiger partial charge in [-0.3, -0.25) is 9.59 Å². The van der Waals surface area contributed by atoms with Gasteiger partial charge in [0.2, 0.25) is 5.91 Å². The number of carbonyl (C=O) groups excluding carboxylic acids is 2. The minimum Gasteiger partial charge on any atom is -0.359 e. The lowest BCUT2D eigenvalue weighted by atomic mass is 9.89. The number of likely N-dealkylation sites (tertiary alicyclic amines) is 1. The third-order valence-electron chi connectivity index (χ3n) is 3.70. The normalized spacial score (nSPS) is 21.9. The zero-order chi connectivity index (χ0) is 14.9. The molecule has 0 bridgehead atoms. The van der Waals surface area contributed by atoms with Gasteiger partial charge < -0.3 is 10.2 Å². The van der Waals surface area contributed by atoms with Gasteiger partial charge in [-0.25, -0.2) is 4.98 Å². The molecule has 0 radical (unpaired) electrons. The van der Waals surface area contributed by atoms with E-state index in [1.54, 1.807) is 31.0 Å². The fraction of sp³-hybridized carbons (Fsp3) is 0.500. The summed E-state index contributed by atoms with van der Waals surface area (Å²) in [5.41, 5.74) is 0.703. The van der Waals surface area contributed by atoms with Crippen molar-refractivity contribution in [2.75, 3.05) is 20.1 Å². The van der Waals surface area contributed by atoms with E-state index in [-0.39, 0.29) is 11.8 Å². The minimum atomic E-state index is -0.518. The topological polar surface area (TPSA) is 62.3 Å². The van der Waals surface area contributed by atoms with Gasteiger partial charge in [0, 0.05) is 31.4 Å². The Morgan fingerprint density at radius 2 is 2.15 bits per heavy atom. The van der Waals surface area contributed by atoms with Crippen LogP contribution in [0.15, 0.2) is 12.1 Å². The molecule has 1 atom stereocenters. The van der Waals surface area contributed by atoms with Crippen molar-refractivity contribution in [1.82, 2.24) is 15.2 Å². The molecule has 1 aliphatic heterocycles. The van der Waals surface area contributed by atoms with Crippen LogP contribution >= 0.6 is 11.6 Å². The molecule has 1 saturated heterocycles. The summed E-state index contributed by atoms with van der Waals surface area (Å²) in [6, 6.07) is 3.27. The molecule has 0 saturated carbocycles. The molecule has 1 fully saturated rings. The SMILES string of the molecule is CNC(=O)C1(C)CCN(C(=O)c2cc(C)nc(Cl)c2)C1. The monoisotopic (exact) mass is 295 g/mol. The molecule has 2 amide bonds. The summed E-state index contributed by atoms with van der Waals surface area (Å²) in [6.07, 6.45) is 0.663. The van der Waals surface area contributed by atoms with Gasteiger partial charge >= 0.3 is 0 Å². The third kappa shape index (κ3) is 2.77. The van der Waals surface area contributed by atoms with E-state index in [4.69, 9.17) is 11.6 Å². The molecule has 1 aromatic rings. The summed E-state index contributed by atoms with van der Waals surface area (Å²) >= 11 is 5.88. The van der Waals surface area contributed by atoms with E-state index in [9.17, 15) is 9.59 Å². The number of nitrogens with one attached hydrogen (secondary N) is 1. The molecule has 1 aliphatic rings. The molecule has 1 aromatic heterocycles. The number of aromatic nitrogens is 1. The van der Waals surface area contributed by atoms with E-state index in [1.165, 1.54) is 0 Å². The Morgan fingerprint density at radius 3 is 2.75 bits per heavy atom. The molecule has 1 unspecified atom stereocenters. The Labute approximate surface area is 123 Å². The number of halogens is 1. The van der Waals surface area contributed by atoms with Gasteiger partial charge in [-0.05, 0) is 32.4 Å². The van der Waals surface area contributed by atoms with Gasteiger partial charge in [0.05, 0.1) is 5.41 Å². The van der Waals surface area contributed by atoms with Crippen LogP contribution in [0.4, 0.5) is 0 Å². The molecule has 0 aromatic carbocycles. The Morgan fingerprint density at radius 1 is 1.45 bits per heavy atom. The predicted octanol–water partition coefficient (Wildman–Crippen LogP) is 1.64. The van der Waals surface area contributed by atoms with Crippen LogP contribution in [0.2, 0.25) is 5.15 Å². The number of hydrogen-bond acceptors (Lipinski definition) is 3. The zero-order valence-corrected chi connectivity index (χ0v) is 12.6. The summed E-state index contributed by atoms with van der Waals surface area (Å²) in [4.78, 5) is 30.1. The van der Waals surface area contributed by atoms with E-state index < -0.39 is 5.41 Å². The number of pyridine rings is 1. The summed E-state index contributed by atoms with van der Waals surface area (Å²) in [5, 5.41) is 2.96. The highest BCUT2D eigenvalue weighted by atomic mass is 35.5. The molecule has 0 aliphatic carbocycles. The number of rotatable bonds is 2. The highest BCUT2D eigenvalue weighted by molar-refractivity contribution is 6.29. The largest absolute Gasteiger partial charge is 0.359 e. The average Bonchev–Trinajstić information content (AvgIpc) is 2.79. The Bertz CT molecular complexity index is 541. The van der Waals surface area contributed by atoms with Crippen LogP contribution in [0.3, 0.4) is 0 Å². The lowest BCUT2D eigenvalue weighted by molar-refractivity contribution is -0.128. The fourth-order valence-corrected chi connectivity index (χ4v) is 2.81. The van der Waals surface area contributed by atoms with Gasteiger partial charge in [-0.2, -0.15) is 0 Å². The van der Waals surface area contributed by atoms with Crippen molar-refractivity contribution in [3.63, 3.8) is 0 Å². The number of aryl methyl sites for hydroxylation is 1. The maximum Gasteiger partial charge on any atom is 0.254 e. The van der Waals surface area contributed by atoms with Crippen LogP contribution in [0.1, 0.15) is 29.4 Å². The molecule has 6 heteroatoms. The van der Waals surface area contributed by atoms with Crippen molar-refractivity contribution in [1.29, 1.82) is 0 Å². The van der Waals surface area contributed by atoms with Crippen LogP contribution in [-0.4, -0.2) is 41.8 Å². The van der Waals surface area contributed by atoms with Crippen LogP contribution in [0, 0.1) is 12.3 Å².